The van der Waals surface area contributed by atoms with E-state index in [2.05, 4.69) is 10.3 Å². The maximum atomic E-state index is 13.4. The molecule has 0 aliphatic heterocycles. The van der Waals surface area contributed by atoms with Crippen molar-refractivity contribution in [3.63, 3.8) is 0 Å². The summed E-state index contributed by atoms with van der Waals surface area (Å²) in [6.45, 7) is 9.14. The number of aromatic nitrogens is 1. The third kappa shape index (κ3) is 5.62. The third-order valence-electron chi connectivity index (χ3n) is 4.08. The van der Waals surface area contributed by atoms with E-state index in [0.717, 1.165) is 24.0 Å². The van der Waals surface area contributed by atoms with Crippen molar-refractivity contribution >= 4 is 23.3 Å². The fourth-order valence-corrected chi connectivity index (χ4v) is 3.39. The highest BCUT2D eigenvalue weighted by Gasteiger charge is 2.39. The van der Waals surface area contributed by atoms with Gasteiger partial charge in [-0.25, -0.2) is 0 Å². The minimum absolute atomic E-state index is 0.0613. The largest absolute Gasteiger partial charge is 0.436 e. The normalized spacial score (nSPS) is 12.0. The fourth-order valence-electron chi connectivity index (χ4n) is 3.02. The van der Waals surface area contributed by atoms with Crippen LogP contribution < -0.4 is 5.32 Å². The summed E-state index contributed by atoms with van der Waals surface area (Å²) < 4.78 is 45.8. The molecule has 4 nitrogen and oxygen atoms in total. The molecule has 1 aromatic carbocycles. The summed E-state index contributed by atoms with van der Waals surface area (Å²) in [5.74, 6) is -0.187. The van der Waals surface area contributed by atoms with E-state index in [9.17, 15) is 13.2 Å². The Kier molecular flexibility index (Phi) is 7.17. The molecule has 2 aromatic rings. The Bertz CT molecular complexity index is 745. The number of hydrogen-bond acceptors (Lipinski definition) is 4. The zero-order valence-corrected chi connectivity index (χ0v) is 16.8. The van der Waals surface area contributed by atoms with Crippen LogP contribution in [0.4, 0.5) is 24.9 Å². The molecule has 8 heteroatoms. The molecule has 0 atom stereocenters. The Hall–Kier alpha value is -1.73. The summed E-state index contributed by atoms with van der Waals surface area (Å²) in [6, 6.07) is 3.40. The van der Waals surface area contributed by atoms with E-state index in [4.69, 9.17) is 16.0 Å². The van der Waals surface area contributed by atoms with Crippen molar-refractivity contribution in [2.45, 2.75) is 53.3 Å². The van der Waals surface area contributed by atoms with Crippen LogP contribution in [0.2, 0.25) is 5.02 Å². The molecule has 1 N–H and O–H groups in total. The zero-order valence-electron chi connectivity index (χ0n) is 16.0. The van der Waals surface area contributed by atoms with Crippen LogP contribution in [0.3, 0.4) is 0 Å². The smallest absolute Gasteiger partial charge is 0.426 e. The van der Waals surface area contributed by atoms with Crippen LogP contribution in [-0.2, 0) is 12.7 Å². The number of rotatable bonds is 8. The van der Waals surface area contributed by atoms with Gasteiger partial charge in [-0.3, -0.25) is 4.90 Å². The second kappa shape index (κ2) is 8.97. The zero-order chi connectivity index (χ0) is 20.2. The van der Waals surface area contributed by atoms with Crippen LogP contribution in [0.25, 0.3) is 0 Å². The molecule has 2 rings (SSSR count). The number of anilines is 2. The molecule has 0 aliphatic rings. The van der Waals surface area contributed by atoms with Gasteiger partial charge in [-0.15, -0.1) is 0 Å². The molecule has 0 amide bonds. The van der Waals surface area contributed by atoms with Gasteiger partial charge in [-0.05, 0) is 57.0 Å². The number of hydrogen-bond donors (Lipinski definition) is 1. The molecule has 0 fully saturated rings. The Morgan fingerprint density at radius 1 is 1.15 bits per heavy atom. The quantitative estimate of drug-likeness (QED) is 0.559. The average Bonchev–Trinajstić information content (AvgIpc) is 2.94. The first-order chi connectivity index (χ1) is 12.7. The topological polar surface area (TPSA) is 41.3 Å². The highest BCUT2D eigenvalue weighted by molar-refractivity contribution is 6.33. The monoisotopic (exact) mass is 403 g/mol. The van der Waals surface area contributed by atoms with Gasteiger partial charge in [0.2, 0.25) is 0 Å². The van der Waals surface area contributed by atoms with Crippen LogP contribution in [0.5, 0.6) is 0 Å². The molecule has 1 heterocycles. The van der Waals surface area contributed by atoms with Crippen molar-refractivity contribution in [3.8, 4) is 0 Å². The van der Waals surface area contributed by atoms with Crippen LogP contribution in [0.1, 0.15) is 49.3 Å². The van der Waals surface area contributed by atoms with Gasteiger partial charge < -0.3 is 9.73 Å². The average molecular weight is 404 g/mol. The van der Waals surface area contributed by atoms with E-state index in [1.807, 2.05) is 38.7 Å². The van der Waals surface area contributed by atoms with Gasteiger partial charge >= 0.3 is 6.18 Å². The molecule has 0 saturated heterocycles. The molecule has 0 radical (unpaired) electrons. The van der Waals surface area contributed by atoms with Gasteiger partial charge in [0.15, 0.2) is 11.5 Å². The van der Waals surface area contributed by atoms with E-state index in [1.54, 1.807) is 6.07 Å². The van der Waals surface area contributed by atoms with Gasteiger partial charge in [-0.1, -0.05) is 31.5 Å². The van der Waals surface area contributed by atoms with E-state index in [-0.39, 0.29) is 18.3 Å². The number of aryl methyl sites for hydroxylation is 2. The van der Waals surface area contributed by atoms with Crippen molar-refractivity contribution in [3.05, 3.63) is 39.7 Å². The summed E-state index contributed by atoms with van der Waals surface area (Å²) in [5, 5.41) is 3.21. The molecular weight excluding hydrogens is 379 g/mol. The Balaban J connectivity index is 2.35. The van der Waals surface area contributed by atoms with E-state index in [1.165, 1.54) is 0 Å². The summed E-state index contributed by atoms with van der Waals surface area (Å²) in [7, 11) is 0. The lowest BCUT2D eigenvalue weighted by Gasteiger charge is -2.20. The number of oxazole rings is 1. The molecule has 0 bridgehead atoms. The van der Waals surface area contributed by atoms with Gasteiger partial charge in [0, 0.05) is 0 Å². The number of halogens is 4. The lowest BCUT2D eigenvalue weighted by molar-refractivity contribution is -0.142. The number of nitrogens with zero attached hydrogens (tertiary/aromatic N) is 2. The number of nitrogens with one attached hydrogen (secondary N) is 1. The molecule has 150 valence electrons. The highest BCUT2D eigenvalue weighted by atomic mass is 35.5. The second-order valence-corrected chi connectivity index (χ2v) is 7.04. The minimum Gasteiger partial charge on any atom is -0.426 e. The Labute approximate surface area is 162 Å². The lowest BCUT2D eigenvalue weighted by atomic mass is 10.1. The van der Waals surface area contributed by atoms with Crippen molar-refractivity contribution in [2.24, 2.45) is 0 Å². The predicted molar refractivity (Wildman–Crippen MR) is 102 cm³/mol. The standard InChI is InChI=1S/C19H25ClF3N3O/c1-5-7-26(8-6-2)11-15-17(19(21,22)23)25-18(27-15)24-16-13(4)9-12(3)10-14(16)20/h9-10H,5-8,11H2,1-4H3,(H,24,25). The van der Waals surface area contributed by atoms with Gasteiger partial charge in [-0.2, -0.15) is 18.2 Å². The Morgan fingerprint density at radius 2 is 1.78 bits per heavy atom. The van der Waals surface area contributed by atoms with Crippen LogP contribution in [0.15, 0.2) is 16.5 Å². The molecular formula is C19H25ClF3N3O. The maximum Gasteiger partial charge on any atom is 0.436 e. The Morgan fingerprint density at radius 3 is 2.30 bits per heavy atom. The first kappa shape index (κ1) is 21.6. The number of alkyl halides is 3. The van der Waals surface area contributed by atoms with Crippen molar-refractivity contribution in [2.75, 3.05) is 18.4 Å². The van der Waals surface area contributed by atoms with Crippen molar-refractivity contribution < 1.29 is 17.6 Å². The van der Waals surface area contributed by atoms with Gasteiger partial charge in [0.1, 0.15) is 0 Å². The molecule has 0 saturated carbocycles. The summed E-state index contributed by atoms with van der Waals surface area (Å²) in [6.07, 6.45) is -2.90. The van der Waals surface area contributed by atoms with Crippen molar-refractivity contribution in [1.82, 2.24) is 9.88 Å². The molecule has 0 aliphatic carbocycles. The summed E-state index contributed by atoms with van der Waals surface area (Å²) >= 11 is 6.23. The van der Waals surface area contributed by atoms with Gasteiger partial charge in [0.25, 0.3) is 6.01 Å². The van der Waals surface area contributed by atoms with Crippen molar-refractivity contribution in [1.29, 1.82) is 0 Å². The van der Waals surface area contributed by atoms with Crippen LogP contribution >= 0.6 is 11.6 Å². The number of benzene rings is 1. The van der Waals surface area contributed by atoms with E-state index >= 15 is 0 Å². The molecule has 0 unspecified atom stereocenters. The first-order valence-electron chi connectivity index (χ1n) is 8.98. The second-order valence-electron chi connectivity index (χ2n) is 6.63. The minimum atomic E-state index is -4.59. The van der Waals surface area contributed by atoms with Crippen LogP contribution in [-0.4, -0.2) is 23.0 Å². The summed E-state index contributed by atoms with van der Waals surface area (Å²) in [5.41, 5.74) is 1.25. The molecule has 0 spiro atoms. The van der Waals surface area contributed by atoms with Gasteiger partial charge in [0.05, 0.1) is 17.3 Å². The SMILES string of the molecule is CCCN(CCC)Cc1oc(Nc2c(C)cc(C)cc2Cl)nc1C(F)(F)F. The maximum absolute atomic E-state index is 13.4. The highest BCUT2D eigenvalue weighted by Crippen LogP contribution is 2.36. The fraction of sp³-hybridized carbons (Fsp3) is 0.526. The van der Waals surface area contributed by atoms with E-state index < -0.39 is 11.9 Å². The van der Waals surface area contributed by atoms with Crippen LogP contribution in [0, 0.1) is 13.8 Å². The molecule has 27 heavy (non-hydrogen) atoms. The lowest BCUT2D eigenvalue weighted by Crippen LogP contribution is -2.26. The molecule has 1 aromatic heterocycles. The first-order valence-corrected chi connectivity index (χ1v) is 9.36. The predicted octanol–water partition coefficient (Wildman–Crippen LogP) is 6.33. The van der Waals surface area contributed by atoms with E-state index in [0.29, 0.717) is 23.8 Å². The summed E-state index contributed by atoms with van der Waals surface area (Å²) in [4.78, 5) is 5.60. The third-order valence-corrected chi connectivity index (χ3v) is 4.37.